The van der Waals surface area contributed by atoms with Gasteiger partial charge in [-0.15, -0.1) is 0 Å². The van der Waals surface area contributed by atoms with E-state index >= 15 is 0 Å². The summed E-state index contributed by atoms with van der Waals surface area (Å²) < 4.78 is 2.07. The van der Waals surface area contributed by atoms with Gasteiger partial charge in [0.05, 0.1) is 16.6 Å². The van der Waals surface area contributed by atoms with E-state index in [1.807, 2.05) is 56.6 Å². The molecule has 4 nitrogen and oxygen atoms in total. The van der Waals surface area contributed by atoms with Gasteiger partial charge in [-0.3, -0.25) is 0 Å². The molecule has 0 spiro atoms. The highest BCUT2D eigenvalue weighted by molar-refractivity contribution is 5.98. The molecular weight excluding hydrogens is 296 g/mol. The molecule has 2 heterocycles. The first kappa shape index (κ1) is 14.3. The minimum Gasteiger partial charge on any atom is -0.350 e. The van der Waals surface area contributed by atoms with Gasteiger partial charge in [-0.1, -0.05) is 24.3 Å². The Labute approximate surface area is 139 Å². The van der Waals surface area contributed by atoms with E-state index in [1.165, 1.54) is 0 Å². The molecule has 2 aromatic carbocycles. The fourth-order valence-corrected chi connectivity index (χ4v) is 3.05. The molecule has 0 bridgehead atoms. The van der Waals surface area contributed by atoms with Gasteiger partial charge < -0.3 is 9.55 Å². The summed E-state index contributed by atoms with van der Waals surface area (Å²) in [5, 5.41) is 10.7. The second-order valence-electron chi connectivity index (χ2n) is 5.99. The molecule has 0 atom stereocenters. The standard InChI is InChI=1S/C20H16N4/c1-13-7-8-17-18(9-13)23-20(22-17)14(11-21)10-15-12-24(2)19-6-4-3-5-16(15)19/h3-10,12H,1-2H3,(H,22,23)/b14-10-. The molecule has 116 valence electrons. The molecule has 0 amide bonds. The van der Waals surface area contributed by atoms with Crippen LogP contribution >= 0.6 is 0 Å². The Kier molecular flexibility index (Phi) is 3.21. The lowest BCUT2D eigenvalue weighted by atomic mass is 10.1. The van der Waals surface area contributed by atoms with Crippen LogP contribution in [0.25, 0.3) is 33.6 Å². The van der Waals surface area contributed by atoms with Crippen LogP contribution in [0.4, 0.5) is 0 Å². The number of rotatable bonds is 2. The number of fused-ring (bicyclic) bond motifs is 2. The van der Waals surface area contributed by atoms with Crippen LogP contribution in [0.2, 0.25) is 0 Å². The minimum absolute atomic E-state index is 0.528. The van der Waals surface area contributed by atoms with Gasteiger partial charge in [0.2, 0.25) is 0 Å². The number of aromatic nitrogens is 3. The quantitative estimate of drug-likeness (QED) is 0.557. The first-order valence-corrected chi connectivity index (χ1v) is 7.78. The lowest BCUT2D eigenvalue weighted by Crippen LogP contribution is -1.84. The Hall–Kier alpha value is -3.32. The third-order valence-electron chi connectivity index (χ3n) is 4.24. The second kappa shape index (κ2) is 5.39. The Bertz CT molecular complexity index is 1140. The smallest absolute Gasteiger partial charge is 0.149 e. The zero-order chi connectivity index (χ0) is 16.7. The Morgan fingerprint density at radius 2 is 2.08 bits per heavy atom. The van der Waals surface area contributed by atoms with Crippen molar-refractivity contribution in [3.63, 3.8) is 0 Å². The predicted octanol–water partition coefficient (Wildman–Crippen LogP) is 4.43. The van der Waals surface area contributed by atoms with Crippen LogP contribution in [-0.4, -0.2) is 14.5 Å². The van der Waals surface area contributed by atoms with Gasteiger partial charge in [-0.25, -0.2) is 4.98 Å². The summed E-state index contributed by atoms with van der Waals surface area (Å²) in [6.07, 6.45) is 3.93. The number of imidazole rings is 1. The van der Waals surface area contributed by atoms with E-state index in [4.69, 9.17) is 0 Å². The number of H-pyrrole nitrogens is 1. The summed E-state index contributed by atoms with van der Waals surface area (Å²) in [7, 11) is 2.01. The Balaban J connectivity index is 1.87. The number of aromatic amines is 1. The van der Waals surface area contributed by atoms with E-state index in [0.717, 1.165) is 33.1 Å². The largest absolute Gasteiger partial charge is 0.350 e. The van der Waals surface area contributed by atoms with Crippen LogP contribution in [-0.2, 0) is 7.05 Å². The molecule has 0 radical (unpaired) electrons. The van der Waals surface area contributed by atoms with E-state index in [2.05, 4.69) is 32.7 Å². The molecule has 0 aliphatic carbocycles. The van der Waals surface area contributed by atoms with E-state index in [9.17, 15) is 5.26 Å². The zero-order valence-electron chi connectivity index (χ0n) is 13.5. The molecule has 4 aromatic rings. The topological polar surface area (TPSA) is 57.4 Å². The van der Waals surface area contributed by atoms with E-state index in [-0.39, 0.29) is 0 Å². The normalized spacial score (nSPS) is 12.0. The summed E-state index contributed by atoms with van der Waals surface area (Å²) >= 11 is 0. The van der Waals surface area contributed by atoms with Gasteiger partial charge in [0.25, 0.3) is 0 Å². The van der Waals surface area contributed by atoms with Crippen molar-refractivity contribution in [2.24, 2.45) is 7.05 Å². The van der Waals surface area contributed by atoms with E-state index in [0.29, 0.717) is 11.4 Å². The molecule has 0 saturated carbocycles. The predicted molar refractivity (Wildman–Crippen MR) is 97.2 cm³/mol. The highest BCUT2D eigenvalue weighted by atomic mass is 14.9. The average molecular weight is 312 g/mol. The minimum atomic E-state index is 0.528. The van der Waals surface area contributed by atoms with Crippen LogP contribution in [0.3, 0.4) is 0 Å². The maximum atomic E-state index is 9.61. The van der Waals surface area contributed by atoms with Crippen molar-refractivity contribution in [1.29, 1.82) is 5.26 Å². The monoisotopic (exact) mass is 312 g/mol. The number of hydrogen-bond donors (Lipinski definition) is 1. The van der Waals surface area contributed by atoms with Crippen LogP contribution < -0.4 is 0 Å². The van der Waals surface area contributed by atoms with Crippen molar-refractivity contribution in [1.82, 2.24) is 14.5 Å². The third-order valence-corrected chi connectivity index (χ3v) is 4.24. The molecule has 4 heteroatoms. The highest BCUT2D eigenvalue weighted by Gasteiger charge is 2.10. The van der Waals surface area contributed by atoms with Gasteiger partial charge in [0.1, 0.15) is 11.9 Å². The molecule has 1 N–H and O–H groups in total. The Morgan fingerprint density at radius 3 is 2.92 bits per heavy atom. The van der Waals surface area contributed by atoms with Crippen LogP contribution in [0.15, 0.2) is 48.7 Å². The summed E-state index contributed by atoms with van der Waals surface area (Å²) in [5.41, 5.74) is 5.66. The summed E-state index contributed by atoms with van der Waals surface area (Å²) in [5.74, 6) is 0.603. The molecule has 24 heavy (non-hydrogen) atoms. The van der Waals surface area contributed by atoms with Crippen molar-refractivity contribution in [2.45, 2.75) is 6.92 Å². The molecule has 0 aliphatic rings. The SMILES string of the molecule is Cc1ccc2nc(/C(C#N)=C\c3cn(C)c4ccccc34)[nH]c2c1. The van der Waals surface area contributed by atoms with E-state index < -0.39 is 0 Å². The van der Waals surface area contributed by atoms with Gasteiger partial charge in [-0.2, -0.15) is 5.26 Å². The molecule has 2 aromatic heterocycles. The number of nitrogens with one attached hydrogen (secondary N) is 1. The van der Waals surface area contributed by atoms with Gasteiger partial charge in [-0.05, 0) is 36.8 Å². The lowest BCUT2D eigenvalue weighted by Gasteiger charge is -1.94. The first-order chi connectivity index (χ1) is 11.7. The highest BCUT2D eigenvalue weighted by Crippen LogP contribution is 2.25. The van der Waals surface area contributed by atoms with Crippen LogP contribution in [0.1, 0.15) is 17.0 Å². The zero-order valence-corrected chi connectivity index (χ0v) is 13.5. The molecule has 4 rings (SSSR count). The number of benzene rings is 2. The van der Waals surface area contributed by atoms with Crippen molar-refractivity contribution in [3.8, 4) is 6.07 Å². The number of aryl methyl sites for hydroxylation is 2. The summed E-state index contributed by atoms with van der Waals surface area (Å²) in [6.45, 7) is 2.04. The van der Waals surface area contributed by atoms with Gasteiger partial charge in [0.15, 0.2) is 0 Å². The molecule has 0 saturated heterocycles. The maximum absolute atomic E-state index is 9.61. The lowest BCUT2D eigenvalue weighted by molar-refractivity contribution is 0.968. The van der Waals surface area contributed by atoms with Crippen molar-refractivity contribution < 1.29 is 0 Å². The molecule has 0 unspecified atom stereocenters. The van der Waals surface area contributed by atoms with Crippen molar-refractivity contribution in [3.05, 3.63) is 65.6 Å². The number of allylic oxidation sites excluding steroid dienone is 1. The van der Waals surface area contributed by atoms with Gasteiger partial charge in [0, 0.05) is 29.7 Å². The molecule has 0 fully saturated rings. The molecular formula is C20H16N4. The summed E-state index contributed by atoms with van der Waals surface area (Å²) in [6, 6.07) is 16.5. The van der Waals surface area contributed by atoms with Crippen LogP contribution in [0, 0.1) is 18.3 Å². The van der Waals surface area contributed by atoms with Crippen molar-refractivity contribution in [2.75, 3.05) is 0 Å². The average Bonchev–Trinajstić information content (AvgIpc) is 3.14. The number of nitrogens with zero attached hydrogens (tertiary/aromatic N) is 3. The van der Waals surface area contributed by atoms with Gasteiger partial charge >= 0.3 is 0 Å². The number of para-hydroxylation sites is 1. The first-order valence-electron chi connectivity index (χ1n) is 7.78. The fourth-order valence-electron chi connectivity index (χ4n) is 3.05. The fraction of sp³-hybridized carbons (Fsp3) is 0.100. The third kappa shape index (κ3) is 2.27. The molecule has 0 aliphatic heterocycles. The number of hydrogen-bond acceptors (Lipinski definition) is 2. The number of nitriles is 1. The maximum Gasteiger partial charge on any atom is 0.149 e. The second-order valence-corrected chi connectivity index (χ2v) is 5.99. The summed E-state index contributed by atoms with van der Waals surface area (Å²) in [4.78, 5) is 7.81. The van der Waals surface area contributed by atoms with E-state index in [1.54, 1.807) is 0 Å². The van der Waals surface area contributed by atoms with Crippen LogP contribution in [0.5, 0.6) is 0 Å². The Morgan fingerprint density at radius 1 is 1.25 bits per heavy atom. The van der Waals surface area contributed by atoms with Crippen molar-refractivity contribution >= 4 is 33.6 Å².